The second-order valence-electron chi connectivity index (χ2n) is 3.36. The number of carbonyl (C=O) groups is 1. The normalized spacial score (nSPS) is 13.0. The molecular formula is C10H20O. The van der Waals surface area contributed by atoms with Gasteiger partial charge in [0.15, 0.2) is 0 Å². The van der Waals surface area contributed by atoms with E-state index in [1.54, 1.807) is 0 Å². The Morgan fingerprint density at radius 1 is 1.36 bits per heavy atom. The Hall–Kier alpha value is -0.330. The Balaban J connectivity index is 3.36. The first-order valence-corrected chi connectivity index (χ1v) is 4.72. The Morgan fingerprint density at radius 2 is 2.00 bits per heavy atom. The predicted molar refractivity (Wildman–Crippen MR) is 48.6 cm³/mol. The van der Waals surface area contributed by atoms with E-state index in [1.807, 2.05) is 0 Å². The summed E-state index contributed by atoms with van der Waals surface area (Å²) < 4.78 is 0. The number of carbonyl (C=O) groups excluding carboxylic acids is 1. The monoisotopic (exact) mass is 156 g/mol. The number of hydrogen-bond acceptors (Lipinski definition) is 1. The van der Waals surface area contributed by atoms with Crippen molar-refractivity contribution >= 4 is 5.78 Å². The molecule has 0 aliphatic rings. The van der Waals surface area contributed by atoms with Crippen LogP contribution in [0.1, 0.15) is 52.9 Å². The zero-order chi connectivity index (χ0) is 8.69. The maximum atomic E-state index is 11.2. The molecule has 0 spiro atoms. The molecule has 1 atom stereocenters. The summed E-state index contributed by atoms with van der Waals surface area (Å²) in [4.78, 5) is 11.2. The molecule has 0 bridgehead atoms. The number of unbranched alkanes of at least 4 members (excludes halogenated alkanes) is 1. The van der Waals surface area contributed by atoms with Gasteiger partial charge in [0.25, 0.3) is 0 Å². The molecule has 0 fully saturated rings. The fourth-order valence-electron chi connectivity index (χ4n) is 1.01. The van der Waals surface area contributed by atoms with E-state index in [2.05, 4.69) is 20.8 Å². The van der Waals surface area contributed by atoms with Crippen molar-refractivity contribution in [3.63, 3.8) is 0 Å². The van der Waals surface area contributed by atoms with Crippen LogP contribution in [0.2, 0.25) is 0 Å². The van der Waals surface area contributed by atoms with Crippen molar-refractivity contribution in [2.45, 2.75) is 52.9 Å². The Bertz CT molecular complexity index is 107. The first kappa shape index (κ1) is 10.7. The molecule has 11 heavy (non-hydrogen) atoms. The summed E-state index contributed by atoms with van der Waals surface area (Å²) >= 11 is 0. The lowest BCUT2D eigenvalue weighted by Crippen LogP contribution is -2.04. The van der Waals surface area contributed by atoms with Gasteiger partial charge in [0.2, 0.25) is 0 Å². The van der Waals surface area contributed by atoms with Crippen molar-refractivity contribution in [1.82, 2.24) is 0 Å². The van der Waals surface area contributed by atoms with Gasteiger partial charge < -0.3 is 0 Å². The van der Waals surface area contributed by atoms with E-state index in [1.165, 1.54) is 0 Å². The van der Waals surface area contributed by atoms with Crippen LogP contribution in [0.25, 0.3) is 0 Å². The van der Waals surface area contributed by atoms with Crippen molar-refractivity contribution in [2.75, 3.05) is 0 Å². The first-order chi connectivity index (χ1) is 5.20. The quantitative estimate of drug-likeness (QED) is 0.577. The summed E-state index contributed by atoms with van der Waals surface area (Å²) in [6.45, 7) is 6.40. The van der Waals surface area contributed by atoms with Crippen LogP contribution in [0.3, 0.4) is 0 Å². The number of hydrogen-bond donors (Lipinski definition) is 0. The summed E-state index contributed by atoms with van der Waals surface area (Å²) in [5.41, 5.74) is 0. The molecule has 0 saturated heterocycles. The lowest BCUT2D eigenvalue weighted by Gasteiger charge is -2.05. The average Bonchev–Trinajstić information content (AvgIpc) is 2.00. The van der Waals surface area contributed by atoms with Crippen LogP contribution in [-0.2, 0) is 4.79 Å². The molecule has 0 radical (unpaired) electrons. The fraction of sp³-hybridized carbons (Fsp3) is 0.900. The highest BCUT2D eigenvalue weighted by Crippen LogP contribution is 2.09. The van der Waals surface area contributed by atoms with Gasteiger partial charge in [-0.25, -0.2) is 0 Å². The van der Waals surface area contributed by atoms with Gasteiger partial charge in [-0.1, -0.05) is 33.6 Å². The molecule has 0 aromatic carbocycles. The zero-order valence-electron chi connectivity index (χ0n) is 8.02. The number of Topliss-reactive ketones (excluding diaryl/α,β-unsaturated/α-hetero) is 1. The molecule has 0 aliphatic heterocycles. The van der Waals surface area contributed by atoms with Crippen molar-refractivity contribution in [3.05, 3.63) is 0 Å². The van der Waals surface area contributed by atoms with E-state index in [-0.39, 0.29) is 0 Å². The van der Waals surface area contributed by atoms with Gasteiger partial charge in [0.05, 0.1) is 0 Å². The second kappa shape index (κ2) is 6.38. The molecule has 0 unspecified atom stereocenters. The van der Waals surface area contributed by atoms with Gasteiger partial charge in [-0.3, -0.25) is 4.79 Å². The first-order valence-electron chi connectivity index (χ1n) is 4.72. The molecule has 0 N–H and O–H groups in total. The predicted octanol–water partition coefficient (Wildman–Crippen LogP) is 3.18. The molecule has 0 amide bonds. The Morgan fingerprint density at radius 3 is 2.45 bits per heavy atom. The van der Waals surface area contributed by atoms with Crippen molar-refractivity contribution in [1.29, 1.82) is 0 Å². The highest BCUT2D eigenvalue weighted by atomic mass is 16.1. The average molecular weight is 156 g/mol. The molecule has 0 rings (SSSR count). The lowest BCUT2D eigenvalue weighted by molar-refractivity contribution is -0.120. The molecular weight excluding hydrogens is 136 g/mol. The van der Waals surface area contributed by atoms with Gasteiger partial charge in [0, 0.05) is 12.8 Å². The Kier molecular flexibility index (Phi) is 6.19. The van der Waals surface area contributed by atoms with Crippen molar-refractivity contribution < 1.29 is 4.79 Å². The highest BCUT2D eigenvalue weighted by Gasteiger charge is 2.05. The summed E-state index contributed by atoms with van der Waals surface area (Å²) in [5, 5.41) is 0. The van der Waals surface area contributed by atoms with Crippen molar-refractivity contribution in [2.24, 2.45) is 5.92 Å². The van der Waals surface area contributed by atoms with Crippen LogP contribution in [0, 0.1) is 5.92 Å². The topological polar surface area (TPSA) is 17.1 Å². The minimum atomic E-state index is 0.446. The zero-order valence-corrected chi connectivity index (χ0v) is 8.02. The van der Waals surface area contributed by atoms with E-state index < -0.39 is 0 Å². The van der Waals surface area contributed by atoms with Crippen LogP contribution < -0.4 is 0 Å². The largest absolute Gasteiger partial charge is 0.300 e. The Labute approximate surface area is 70.2 Å². The maximum Gasteiger partial charge on any atom is 0.133 e. The minimum absolute atomic E-state index is 0.446. The third-order valence-electron chi connectivity index (χ3n) is 2.08. The molecule has 0 aromatic heterocycles. The summed E-state index contributed by atoms with van der Waals surface area (Å²) in [5.74, 6) is 1.03. The van der Waals surface area contributed by atoms with Gasteiger partial charge in [-0.15, -0.1) is 0 Å². The molecule has 1 heteroatoms. The molecule has 0 heterocycles. The van der Waals surface area contributed by atoms with E-state index in [0.717, 1.165) is 32.1 Å². The maximum absolute atomic E-state index is 11.2. The minimum Gasteiger partial charge on any atom is -0.300 e. The van der Waals surface area contributed by atoms with Crippen LogP contribution in [0.15, 0.2) is 0 Å². The van der Waals surface area contributed by atoms with E-state index >= 15 is 0 Å². The van der Waals surface area contributed by atoms with Gasteiger partial charge >= 0.3 is 0 Å². The molecule has 0 saturated carbocycles. The molecule has 0 aromatic rings. The summed E-state index contributed by atoms with van der Waals surface area (Å²) in [6, 6.07) is 0. The summed E-state index contributed by atoms with van der Waals surface area (Å²) in [6.07, 6.45) is 4.90. The van der Waals surface area contributed by atoms with Crippen LogP contribution in [-0.4, -0.2) is 5.78 Å². The van der Waals surface area contributed by atoms with Crippen LogP contribution in [0.5, 0.6) is 0 Å². The molecule has 66 valence electrons. The van der Waals surface area contributed by atoms with E-state index in [4.69, 9.17) is 0 Å². The smallest absolute Gasteiger partial charge is 0.133 e. The highest BCUT2D eigenvalue weighted by molar-refractivity contribution is 5.78. The van der Waals surface area contributed by atoms with Gasteiger partial charge in [-0.05, 0) is 12.3 Å². The molecule has 1 nitrogen and oxygen atoms in total. The fourth-order valence-corrected chi connectivity index (χ4v) is 1.01. The summed E-state index contributed by atoms with van der Waals surface area (Å²) in [7, 11) is 0. The third kappa shape index (κ3) is 6.08. The number of rotatable bonds is 6. The van der Waals surface area contributed by atoms with E-state index in [0.29, 0.717) is 11.7 Å². The third-order valence-corrected chi connectivity index (χ3v) is 2.08. The lowest BCUT2D eigenvalue weighted by atomic mass is 9.99. The van der Waals surface area contributed by atoms with Crippen molar-refractivity contribution in [3.8, 4) is 0 Å². The van der Waals surface area contributed by atoms with Gasteiger partial charge in [-0.2, -0.15) is 0 Å². The number of ketones is 1. The second-order valence-corrected chi connectivity index (χ2v) is 3.36. The van der Waals surface area contributed by atoms with E-state index in [9.17, 15) is 4.79 Å². The van der Waals surface area contributed by atoms with Crippen LogP contribution >= 0.6 is 0 Å². The standard InChI is InChI=1S/C10H20O/c1-4-6-7-10(11)8-9(3)5-2/h9H,4-8H2,1-3H3/t9-/m0/s1. The SMILES string of the molecule is CCCCC(=O)C[C@@H](C)CC. The van der Waals surface area contributed by atoms with Gasteiger partial charge in [0.1, 0.15) is 5.78 Å². The van der Waals surface area contributed by atoms with Crippen LogP contribution in [0.4, 0.5) is 0 Å². The molecule has 0 aliphatic carbocycles.